The van der Waals surface area contributed by atoms with Crippen LogP contribution in [0.2, 0.25) is 0 Å². The number of aromatic nitrogens is 1. The Labute approximate surface area is 196 Å². The lowest BCUT2D eigenvalue weighted by molar-refractivity contribution is 0.0941. The lowest BCUT2D eigenvalue weighted by atomic mass is 9.99. The third-order valence-electron chi connectivity index (χ3n) is 6.09. The van der Waals surface area contributed by atoms with E-state index in [1.165, 1.54) is 11.1 Å². The van der Waals surface area contributed by atoms with Gasteiger partial charge in [0.25, 0.3) is 5.91 Å². The fraction of sp³-hybridized carbons (Fsp3) is 0.267. The van der Waals surface area contributed by atoms with Crippen LogP contribution < -0.4 is 5.32 Å². The van der Waals surface area contributed by atoms with E-state index in [1.807, 2.05) is 37.3 Å². The number of nitrogens with one attached hydrogen (secondary N) is 1. The van der Waals surface area contributed by atoms with Gasteiger partial charge >= 0.3 is 0 Å². The second-order valence-electron chi connectivity index (χ2n) is 9.16. The number of carbonyl (C=O) groups excluding carboxylic acids is 1. The lowest BCUT2D eigenvalue weighted by Gasteiger charge is -2.16. The minimum absolute atomic E-state index is 0.0849. The van der Waals surface area contributed by atoms with Gasteiger partial charge in [-0.2, -0.15) is 0 Å². The first kappa shape index (κ1) is 22.7. The van der Waals surface area contributed by atoms with Crippen LogP contribution in [0.15, 0.2) is 78.9 Å². The monoisotopic (exact) mass is 436 g/mol. The molecule has 3 heteroatoms. The Hall–Kier alpha value is -3.46. The van der Waals surface area contributed by atoms with Crippen LogP contribution in [0.4, 0.5) is 0 Å². The van der Waals surface area contributed by atoms with Crippen LogP contribution in [-0.2, 0) is 12.8 Å². The number of benzene rings is 3. The number of amides is 1. The number of fused-ring (bicyclic) bond motifs is 1. The summed E-state index contributed by atoms with van der Waals surface area (Å²) in [6.07, 6.45) is 2.06. The molecule has 0 bridgehead atoms. The maximum absolute atomic E-state index is 13.4. The van der Waals surface area contributed by atoms with Gasteiger partial charge in [-0.15, -0.1) is 0 Å². The fourth-order valence-corrected chi connectivity index (χ4v) is 4.19. The van der Waals surface area contributed by atoms with Gasteiger partial charge in [0.05, 0.1) is 22.8 Å². The van der Waals surface area contributed by atoms with Crippen LogP contribution in [0, 0.1) is 5.92 Å². The van der Waals surface area contributed by atoms with Crippen molar-refractivity contribution in [2.45, 2.75) is 46.6 Å². The molecule has 33 heavy (non-hydrogen) atoms. The number of nitrogens with zero attached hydrogens (tertiary/aromatic N) is 1. The molecule has 168 valence electrons. The van der Waals surface area contributed by atoms with E-state index < -0.39 is 0 Å². The minimum Gasteiger partial charge on any atom is -0.345 e. The van der Waals surface area contributed by atoms with Gasteiger partial charge in [-0.1, -0.05) is 87.5 Å². The summed E-state index contributed by atoms with van der Waals surface area (Å²) in [5, 5.41) is 4.05. The molecule has 0 radical (unpaired) electrons. The normalized spacial score (nSPS) is 12.2. The van der Waals surface area contributed by atoms with Crippen LogP contribution in [0.25, 0.3) is 22.2 Å². The molecule has 1 amide bonds. The van der Waals surface area contributed by atoms with E-state index in [-0.39, 0.29) is 11.9 Å². The summed E-state index contributed by atoms with van der Waals surface area (Å²) < 4.78 is 0. The summed E-state index contributed by atoms with van der Waals surface area (Å²) in [5.74, 6) is 0.531. The molecule has 0 fully saturated rings. The van der Waals surface area contributed by atoms with Crippen molar-refractivity contribution in [3.05, 3.63) is 101 Å². The Morgan fingerprint density at radius 1 is 0.879 bits per heavy atom. The second-order valence-corrected chi connectivity index (χ2v) is 9.16. The number of hydrogen-bond donors (Lipinski definition) is 1. The predicted octanol–water partition coefficient (Wildman–Crippen LogP) is 7.15. The summed E-state index contributed by atoms with van der Waals surface area (Å²) in [5.41, 5.74) is 7.02. The number of carbonyl (C=O) groups is 1. The third-order valence-corrected chi connectivity index (χ3v) is 6.09. The van der Waals surface area contributed by atoms with Crippen molar-refractivity contribution in [2.24, 2.45) is 5.92 Å². The van der Waals surface area contributed by atoms with Crippen LogP contribution >= 0.6 is 0 Å². The summed E-state index contributed by atoms with van der Waals surface area (Å²) >= 11 is 0. The van der Waals surface area contributed by atoms with E-state index in [1.54, 1.807) is 0 Å². The molecule has 1 heterocycles. The van der Waals surface area contributed by atoms with Gasteiger partial charge in [0.1, 0.15) is 0 Å². The molecule has 1 unspecified atom stereocenters. The smallest absolute Gasteiger partial charge is 0.252 e. The first-order valence-corrected chi connectivity index (χ1v) is 11.8. The van der Waals surface area contributed by atoms with Crippen molar-refractivity contribution >= 4 is 16.8 Å². The molecule has 0 aliphatic carbocycles. The average molecular weight is 437 g/mol. The van der Waals surface area contributed by atoms with Gasteiger partial charge in [0.15, 0.2) is 0 Å². The van der Waals surface area contributed by atoms with Crippen molar-refractivity contribution in [3.63, 3.8) is 0 Å². The molecule has 1 aromatic heterocycles. The quantitative estimate of drug-likeness (QED) is 0.334. The number of para-hydroxylation sites is 1. The Morgan fingerprint density at radius 3 is 2.21 bits per heavy atom. The molecule has 3 aromatic carbocycles. The van der Waals surface area contributed by atoms with Gasteiger partial charge in [-0.05, 0) is 54.5 Å². The zero-order chi connectivity index (χ0) is 23.4. The third kappa shape index (κ3) is 5.31. The fourth-order valence-electron chi connectivity index (χ4n) is 4.19. The van der Waals surface area contributed by atoms with Crippen LogP contribution in [-0.4, -0.2) is 10.9 Å². The zero-order valence-corrected chi connectivity index (χ0v) is 19.9. The maximum Gasteiger partial charge on any atom is 0.252 e. The largest absolute Gasteiger partial charge is 0.345 e. The molecule has 0 aliphatic heterocycles. The number of pyridine rings is 1. The van der Waals surface area contributed by atoms with E-state index in [2.05, 4.69) is 74.6 Å². The van der Waals surface area contributed by atoms with Crippen molar-refractivity contribution in [1.29, 1.82) is 0 Å². The van der Waals surface area contributed by atoms with Gasteiger partial charge in [-0.25, -0.2) is 4.98 Å². The first-order valence-electron chi connectivity index (χ1n) is 11.8. The van der Waals surface area contributed by atoms with Crippen LogP contribution in [0.3, 0.4) is 0 Å². The van der Waals surface area contributed by atoms with E-state index in [4.69, 9.17) is 4.98 Å². The Kier molecular flexibility index (Phi) is 6.88. The number of aryl methyl sites for hydroxylation is 1. The van der Waals surface area contributed by atoms with Crippen LogP contribution in [0.1, 0.15) is 60.8 Å². The highest BCUT2D eigenvalue weighted by Crippen LogP contribution is 2.26. The SMILES string of the molecule is CCc1ccc(C(C)NC(=O)c2cc(-c3ccc(CC(C)C)cc3)nc3ccccc23)cc1. The number of rotatable bonds is 7. The molecule has 1 atom stereocenters. The van der Waals surface area contributed by atoms with E-state index in [0.29, 0.717) is 11.5 Å². The second kappa shape index (κ2) is 9.99. The molecule has 0 aliphatic rings. The first-order chi connectivity index (χ1) is 15.9. The molecule has 1 N–H and O–H groups in total. The summed E-state index contributed by atoms with van der Waals surface area (Å²) in [6, 6.07) is 26.7. The summed E-state index contributed by atoms with van der Waals surface area (Å²) in [7, 11) is 0. The van der Waals surface area contributed by atoms with E-state index >= 15 is 0 Å². The summed E-state index contributed by atoms with van der Waals surface area (Å²) in [6.45, 7) is 8.62. The van der Waals surface area contributed by atoms with Gasteiger partial charge in [0.2, 0.25) is 0 Å². The molecule has 4 aromatic rings. The molecule has 0 spiro atoms. The highest BCUT2D eigenvalue weighted by atomic mass is 16.1. The summed E-state index contributed by atoms with van der Waals surface area (Å²) in [4.78, 5) is 18.2. The Balaban J connectivity index is 1.65. The molecule has 0 saturated carbocycles. The van der Waals surface area contributed by atoms with Crippen molar-refractivity contribution in [3.8, 4) is 11.3 Å². The highest BCUT2D eigenvalue weighted by molar-refractivity contribution is 6.07. The molecule has 3 nitrogen and oxygen atoms in total. The van der Waals surface area contributed by atoms with Crippen molar-refractivity contribution < 1.29 is 4.79 Å². The maximum atomic E-state index is 13.4. The highest BCUT2D eigenvalue weighted by Gasteiger charge is 2.17. The molecule has 4 rings (SSSR count). The van der Waals surface area contributed by atoms with Crippen molar-refractivity contribution in [2.75, 3.05) is 0 Å². The Bertz CT molecular complexity index is 1240. The average Bonchev–Trinajstić information content (AvgIpc) is 2.83. The van der Waals surface area contributed by atoms with Gasteiger partial charge in [0, 0.05) is 10.9 Å². The molecule has 0 saturated heterocycles. The lowest BCUT2D eigenvalue weighted by Crippen LogP contribution is -2.27. The standard InChI is InChI=1S/C30H32N2O/c1-5-22-10-14-24(15-11-22)21(4)31-30(33)27-19-29(32-28-9-7-6-8-26(27)28)25-16-12-23(13-17-25)18-20(2)3/h6-17,19-21H,5,18H2,1-4H3,(H,31,33). The minimum atomic E-state index is -0.0888. The van der Waals surface area contributed by atoms with E-state index in [0.717, 1.165) is 40.6 Å². The van der Waals surface area contributed by atoms with Gasteiger partial charge in [-0.3, -0.25) is 4.79 Å². The van der Waals surface area contributed by atoms with Crippen molar-refractivity contribution in [1.82, 2.24) is 10.3 Å². The number of hydrogen-bond acceptors (Lipinski definition) is 2. The van der Waals surface area contributed by atoms with E-state index in [9.17, 15) is 4.79 Å². The Morgan fingerprint density at radius 2 is 1.55 bits per heavy atom. The van der Waals surface area contributed by atoms with Gasteiger partial charge < -0.3 is 5.32 Å². The zero-order valence-electron chi connectivity index (χ0n) is 19.9. The molecular weight excluding hydrogens is 404 g/mol. The van der Waals surface area contributed by atoms with Crippen LogP contribution in [0.5, 0.6) is 0 Å². The molecular formula is C30H32N2O. The predicted molar refractivity (Wildman–Crippen MR) is 137 cm³/mol. The topological polar surface area (TPSA) is 42.0 Å².